The number of benzene rings is 2. The van der Waals surface area contributed by atoms with Crippen LogP contribution in [0.15, 0.2) is 57.9 Å². The van der Waals surface area contributed by atoms with Gasteiger partial charge in [0.2, 0.25) is 27.6 Å². The quantitative estimate of drug-likeness (QED) is 0.570. The van der Waals surface area contributed by atoms with Gasteiger partial charge in [0.05, 0.1) is 4.90 Å². The first-order valence-electron chi connectivity index (χ1n) is 11.1. The molecule has 9 heteroatoms. The summed E-state index contributed by atoms with van der Waals surface area (Å²) in [5, 5.41) is 6.91. The highest BCUT2D eigenvalue weighted by atomic mass is 32.2. The van der Waals surface area contributed by atoms with Crippen molar-refractivity contribution in [3.05, 3.63) is 65.5 Å². The smallest absolute Gasteiger partial charge is 0.243 e. The number of hydrogen-bond acceptors (Lipinski definition) is 6. The monoisotopic (exact) mass is 468 g/mol. The summed E-state index contributed by atoms with van der Waals surface area (Å²) in [5.41, 5.74) is 2.79. The maximum absolute atomic E-state index is 13.2. The molecule has 3 aromatic rings. The van der Waals surface area contributed by atoms with E-state index < -0.39 is 10.0 Å². The van der Waals surface area contributed by atoms with E-state index in [1.165, 1.54) is 4.31 Å². The second-order valence-corrected chi connectivity index (χ2v) is 10.2. The highest BCUT2D eigenvalue weighted by Gasteiger charge is 2.32. The van der Waals surface area contributed by atoms with Crippen LogP contribution in [0.4, 0.5) is 0 Å². The molecular formula is C24H28N4O4S. The molecule has 1 N–H and O–H groups in total. The number of aryl methyl sites for hydroxylation is 2. The van der Waals surface area contributed by atoms with Crippen molar-refractivity contribution in [2.24, 2.45) is 5.92 Å². The summed E-state index contributed by atoms with van der Waals surface area (Å²) < 4.78 is 33.0. The number of aromatic nitrogens is 2. The second kappa shape index (κ2) is 9.84. The lowest BCUT2D eigenvalue weighted by Gasteiger charge is -2.30. The minimum absolute atomic E-state index is 0.0283. The Morgan fingerprint density at radius 2 is 1.91 bits per heavy atom. The molecule has 1 fully saturated rings. The molecule has 1 aromatic heterocycles. The van der Waals surface area contributed by atoms with Gasteiger partial charge >= 0.3 is 0 Å². The van der Waals surface area contributed by atoms with Crippen LogP contribution in [0.3, 0.4) is 0 Å². The third-order valence-corrected chi connectivity index (χ3v) is 7.77. The minimum atomic E-state index is -3.68. The summed E-state index contributed by atoms with van der Waals surface area (Å²) in [7, 11) is -3.68. The van der Waals surface area contributed by atoms with Gasteiger partial charge in [-0.05, 0) is 37.5 Å². The molecule has 2 aromatic carbocycles. The lowest BCUT2D eigenvalue weighted by molar-refractivity contribution is -0.126. The summed E-state index contributed by atoms with van der Waals surface area (Å²) in [6.45, 7) is 5.00. The van der Waals surface area contributed by atoms with Gasteiger partial charge in [0, 0.05) is 37.5 Å². The molecular weight excluding hydrogens is 440 g/mol. The first kappa shape index (κ1) is 23.1. The maximum atomic E-state index is 13.2. The fraction of sp³-hybridized carbons (Fsp3) is 0.375. The number of piperidine rings is 1. The Balaban J connectivity index is 1.37. The first-order chi connectivity index (χ1) is 15.9. The number of amides is 1. The van der Waals surface area contributed by atoms with E-state index in [1.807, 2.05) is 38.1 Å². The van der Waals surface area contributed by atoms with E-state index in [9.17, 15) is 13.2 Å². The Morgan fingerprint density at radius 3 is 2.61 bits per heavy atom. The number of rotatable bonds is 7. The van der Waals surface area contributed by atoms with E-state index in [0.717, 1.165) is 11.1 Å². The van der Waals surface area contributed by atoms with Crippen LogP contribution in [-0.2, 0) is 27.8 Å². The van der Waals surface area contributed by atoms with Gasteiger partial charge in [-0.25, -0.2) is 8.42 Å². The molecule has 2 heterocycles. The first-order valence-corrected chi connectivity index (χ1v) is 12.6. The largest absolute Gasteiger partial charge is 0.352 e. The zero-order valence-corrected chi connectivity index (χ0v) is 19.6. The molecule has 1 amide bonds. The van der Waals surface area contributed by atoms with Crippen LogP contribution in [-0.4, -0.2) is 41.9 Å². The van der Waals surface area contributed by atoms with Crippen LogP contribution >= 0.6 is 0 Å². The van der Waals surface area contributed by atoms with Crippen molar-refractivity contribution in [2.75, 3.05) is 13.1 Å². The highest BCUT2D eigenvalue weighted by Crippen LogP contribution is 2.26. The fourth-order valence-corrected chi connectivity index (χ4v) is 5.49. The predicted octanol–water partition coefficient (Wildman–Crippen LogP) is 3.32. The second-order valence-electron chi connectivity index (χ2n) is 8.28. The van der Waals surface area contributed by atoms with Crippen molar-refractivity contribution in [3.8, 4) is 11.4 Å². The SMILES string of the molecule is CCc1nc(-c2cccc(S(=O)(=O)N3CCC(C(=O)NCc4cccc(C)c4)CC3)c2)no1. The van der Waals surface area contributed by atoms with E-state index in [0.29, 0.717) is 56.2 Å². The molecule has 0 aliphatic carbocycles. The van der Waals surface area contributed by atoms with E-state index in [2.05, 4.69) is 15.5 Å². The summed E-state index contributed by atoms with van der Waals surface area (Å²) in [5.74, 6) is 0.646. The Hall–Kier alpha value is -3.04. The summed E-state index contributed by atoms with van der Waals surface area (Å²) in [6.07, 6.45) is 1.59. The molecule has 33 heavy (non-hydrogen) atoms. The van der Waals surface area contributed by atoms with Crippen molar-refractivity contribution in [3.63, 3.8) is 0 Å². The molecule has 0 saturated carbocycles. The number of nitrogens with zero attached hydrogens (tertiary/aromatic N) is 3. The molecule has 0 spiro atoms. The normalized spacial score (nSPS) is 15.5. The van der Waals surface area contributed by atoms with Crippen LogP contribution in [0.25, 0.3) is 11.4 Å². The summed E-state index contributed by atoms with van der Waals surface area (Å²) in [6, 6.07) is 14.6. The standard InChI is InChI=1S/C24H28N4O4S/c1-3-22-26-23(27-32-22)20-8-5-9-21(15-20)33(30,31)28-12-10-19(11-13-28)24(29)25-16-18-7-4-6-17(2)14-18/h4-9,14-15,19H,3,10-13,16H2,1-2H3,(H,25,29). The molecule has 1 aliphatic heterocycles. The topological polar surface area (TPSA) is 105 Å². The average molecular weight is 469 g/mol. The third-order valence-electron chi connectivity index (χ3n) is 5.87. The van der Waals surface area contributed by atoms with Gasteiger partial charge in [0.1, 0.15) is 0 Å². The van der Waals surface area contributed by atoms with Crippen LogP contribution in [0.1, 0.15) is 36.8 Å². The molecule has 4 rings (SSSR count). The summed E-state index contributed by atoms with van der Waals surface area (Å²) in [4.78, 5) is 17.1. The van der Waals surface area contributed by atoms with E-state index in [-0.39, 0.29) is 16.7 Å². The number of carbonyl (C=O) groups is 1. The van der Waals surface area contributed by atoms with Gasteiger partial charge < -0.3 is 9.84 Å². The number of hydrogen-bond donors (Lipinski definition) is 1. The predicted molar refractivity (Wildman–Crippen MR) is 124 cm³/mol. The highest BCUT2D eigenvalue weighted by molar-refractivity contribution is 7.89. The van der Waals surface area contributed by atoms with Crippen molar-refractivity contribution >= 4 is 15.9 Å². The molecule has 0 radical (unpaired) electrons. The lowest BCUT2D eigenvalue weighted by Crippen LogP contribution is -2.42. The molecule has 0 bridgehead atoms. The van der Waals surface area contributed by atoms with Gasteiger partial charge in [-0.2, -0.15) is 9.29 Å². The van der Waals surface area contributed by atoms with Crippen LogP contribution < -0.4 is 5.32 Å². The van der Waals surface area contributed by atoms with Gasteiger partial charge in [-0.1, -0.05) is 54.0 Å². The third kappa shape index (κ3) is 5.31. The molecule has 1 saturated heterocycles. The number of carbonyl (C=O) groups excluding carboxylic acids is 1. The van der Waals surface area contributed by atoms with Crippen LogP contribution in [0.2, 0.25) is 0 Å². The Labute approximate surface area is 194 Å². The molecule has 0 unspecified atom stereocenters. The van der Waals surface area contributed by atoms with Gasteiger partial charge in [-0.3, -0.25) is 4.79 Å². The molecule has 0 atom stereocenters. The van der Waals surface area contributed by atoms with E-state index in [1.54, 1.807) is 24.3 Å². The molecule has 174 valence electrons. The van der Waals surface area contributed by atoms with Crippen molar-refractivity contribution in [1.82, 2.24) is 19.8 Å². The zero-order valence-electron chi connectivity index (χ0n) is 18.8. The van der Waals surface area contributed by atoms with Gasteiger partial charge in [0.15, 0.2) is 0 Å². The van der Waals surface area contributed by atoms with Gasteiger partial charge in [-0.15, -0.1) is 0 Å². The maximum Gasteiger partial charge on any atom is 0.243 e. The lowest BCUT2D eigenvalue weighted by atomic mass is 9.97. The Kier molecular flexibility index (Phi) is 6.90. The fourth-order valence-electron chi connectivity index (χ4n) is 3.97. The zero-order chi connectivity index (χ0) is 23.4. The van der Waals surface area contributed by atoms with E-state index >= 15 is 0 Å². The molecule has 8 nitrogen and oxygen atoms in total. The van der Waals surface area contributed by atoms with Crippen molar-refractivity contribution in [2.45, 2.75) is 44.6 Å². The van der Waals surface area contributed by atoms with Crippen LogP contribution in [0, 0.1) is 12.8 Å². The molecule has 1 aliphatic rings. The van der Waals surface area contributed by atoms with Crippen molar-refractivity contribution in [1.29, 1.82) is 0 Å². The number of sulfonamides is 1. The number of nitrogens with one attached hydrogen (secondary N) is 1. The van der Waals surface area contributed by atoms with Crippen molar-refractivity contribution < 1.29 is 17.7 Å². The van der Waals surface area contributed by atoms with E-state index in [4.69, 9.17) is 4.52 Å². The Bertz CT molecular complexity index is 1230. The van der Waals surface area contributed by atoms with Crippen LogP contribution in [0.5, 0.6) is 0 Å². The minimum Gasteiger partial charge on any atom is -0.352 e. The Morgan fingerprint density at radius 1 is 1.15 bits per heavy atom. The summed E-state index contributed by atoms with van der Waals surface area (Å²) >= 11 is 0. The average Bonchev–Trinajstić information content (AvgIpc) is 3.32. The van der Waals surface area contributed by atoms with Gasteiger partial charge in [0.25, 0.3) is 0 Å².